The first-order chi connectivity index (χ1) is 7.16. The summed E-state index contributed by atoms with van der Waals surface area (Å²) in [4.78, 5) is 13.5. The Labute approximate surface area is 86.8 Å². The van der Waals surface area contributed by atoms with Crippen molar-refractivity contribution < 1.29 is 9.53 Å². The van der Waals surface area contributed by atoms with Crippen molar-refractivity contribution in [1.29, 1.82) is 0 Å². The molecular weight excluding hydrogens is 198 g/mol. The molecule has 82 valence electrons. The third kappa shape index (κ3) is 2.12. The summed E-state index contributed by atoms with van der Waals surface area (Å²) in [6.07, 6.45) is 0.0919. The second kappa shape index (κ2) is 3.93. The Morgan fingerprint density at radius 1 is 1.47 bits per heavy atom. The number of rotatable bonds is 1. The number of morpholine rings is 1. The second-order valence-corrected chi connectivity index (χ2v) is 3.70. The number of aromatic nitrogens is 4. The van der Waals surface area contributed by atoms with Crippen LogP contribution in [0.25, 0.3) is 0 Å². The maximum atomic E-state index is 11.8. The van der Waals surface area contributed by atoms with Gasteiger partial charge in [-0.3, -0.25) is 4.79 Å². The van der Waals surface area contributed by atoms with Gasteiger partial charge < -0.3 is 9.64 Å². The number of carbonyl (C=O) groups excluding carboxylic acids is 1. The van der Waals surface area contributed by atoms with Crippen molar-refractivity contribution >= 4 is 5.91 Å². The Hall–Kier alpha value is -1.50. The van der Waals surface area contributed by atoms with Crippen LogP contribution in [0.3, 0.4) is 0 Å². The predicted molar refractivity (Wildman–Crippen MR) is 50.1 cm³/mol. The van der Waals surface area contributed by atoms with Crippen molar-refractivity contribution in [3.05, 3.63) is 5.82 Å². The van der Waals surface area contributed by atoms with Gasteiger partial charge in [0.1, 0.15) is 0 Å². The third-order valence-corrected chi connectivity index (χ3v) is 2.24. The minimum absolute atomic E-state index is 0.0459. The molecular formula is C8H13N5O2. The van der Waals surface area contributed by atoms with Gasteiger partial charge in [0.05, 0.1) is 12.2 Å². The SMILES string of the molecule is C[C@@H]1CN(C(=O)c2nn[nH]n2)C[C@H](C)O1. The molecule has 0 spiro atoms. The van der Waals surface area contributed by atoms with E-state index in [2.05, 4.69) is 20.6 Å². The van der Waals surface area contributed by atoms with Gasteiger partial charge in [0.25, 0.3) is 11.7 Å². The van der Waals surface area contributed by atoms with Crippen LogP contribution < -0.4 is 0 Å². The summed E-state index contributed by atoms with van der Waals surface area (Å²) >= 11 is 0. The number of carbonyl (C=O) groups is 1. The summed E-state index contributed by atoms with van der Waals surface area (Å²) < 4.78 is 5.53. The zero-order valence-corrected chi connectivity index (χ0v) is 8.67. The molecule has 1 aliphatic rings. The number of hydrogen-bond acceptors (Lipinski definition) is 5. The van der Waals surface area contributed by atoms with Crippen LogP contribution in [0.5, 0.6) is 0 Å². The van der Waals surface area contributed by atoms with Crippen LogP contribution in [0.2, 0.25) is 0 Å². The monoisotopic (exact) mass is 211 g/mol. The van der Waals surface area contributed by atoms with Crippen LogP contribution in [0, 0.1) is 0 Å². The van der Waals surface area contributed by atoms with E-state index in [-0.39, 0.29) is 23.9 Å². The first kappa shape index (κ1) is 10.0. The topological polar surface area (TPSA) is 84.0 Å². The summed E-state index contributed by atoms with van der Waals surface area (Å²) in [6.45, 7) is 5.01. The molecule has 7 heteroatoms. The smallest absolute Gasteiger partial charge is 0.295 e. The van der Waals surface area contributed by atoms with Gasteiger partial charge in [-0.25, -0.2) is 0 Å². The number of ether oxygens (including phenoxy) is 1. The zero-order valence-electron chi connectivity index (χ0n) is 8.67. The summed E-state index contributed by atoms with van der Waals surface area (Å²) in [5, 5.41) is 12.9. The lowest BCUT2D eigenvalue weighted by Gasteiger charge is -2.34. The number of aromatic amines is 1. The molecule has 1 amide bonds. The molecule has 0 saturated carbocycles. The fraction of sp³-hybridized carbons (Fsp3) is 0.750. The van der Waals surface area contributed by atoms with Gasteiger partial charge in [-0.2, -0.15) is 5.21 Å². The largest absolute Gasteiger partial charge is 0.372 e. The zero-order chi connectivity index (χ0) is 10.8. The van der Waals surface area contributed by atoms with Gasteiger partial charge in [-0.05, 0) is 19.1 Å². The maximum absolute atomic E-state index is 11.8. The molecule has 15 heavy (non-hydrogen) atoms. The van der Waals surface area contributed by atoms with Crippen LogP contribution in [0.15, 0.2) is 0 Å². The summed E-state index contributed by atoms with van der Waals surface area (Å²) in [5.74, 6) is -0.0953. The molecule has 0 unspecified atom stereocenters. The Morgan fingerprint density at radius 2 is 2.13 bits per heavy atom. The van der Waals surface area contributed by atoms with Gasteiger partial charge in [-0.1, -0.05) is 0 Å². The van der Waals surface area contributed by atoms with Gasteiger partial charge in [0.2, 0.25) is 0 Å². The highest BCUT2D eigenvalue weighted by Crippen LogP contribution is 2.12. The highest BCUT2D eigenvalue weighted by Gasteiger charge is 2.28. The predicted octanol–water partition coefficient (Wildman–Crippen LogP) is -0.551. The Bertz CT molecular complexity index is 329. The number of nitrogens with zero attached hydrogens (tertiary/aromatic N) is 4. The lowest BCUT2D eigenvalue weighted by Crippen LogP contribution is -2.48. The van der Waals surface area contributed by atoms with E-state index >= 15 is 0 Å². The average Bonchev–Trinajstić information content (AvgIpc) is 2.67. The van der Waals surface area contributed by atoms with E-state index in [1.165, 1.54) is 0 Å². The Kier molecular flexibility index (Phi) is 2.63. The van der Waals surface area contributed by atoms with Gasteiger partial charge in [-0.15, -0.1) is 10.2 Å². The van der Waals surface area contributed by atoms with E-state index in [4.69, 9.17) is 4.74 Å². The Balaban J connectivity index is 2.07. The van der Waals surface area contributed by atoms with Gasteiger partial charge in [0, 0.05) is 13.1 Å². The molecule has 0 radical (unpaired) electrons. The van der Waals surface area contributed by atoms with Crippen molar-refractivity contribution in [1.82, 2.24) is 25.5 Å². The molecule has 2 heterocycles. The molecule has 0 bridgehead atoms. The van der Waals surface area contributed by atoms with E-state index in [0.717, 1.165) is 0 Å². The number of H-pyrrole nitrogens is 1. The first-order valence-electron chi connectivity index (χ1n) is 4.85. The van der Waals surface area contributed by atoms with Crippen molar-refractivity contribution in [2.75, 3.05) is 13.1 Å². The summed E-state index contributed by atoms with van der Waals surface area (Å²) in [5.41, 5.74) is 0. The molecule has 7 nitrogen and oxygen atoms in total. The molecule has 1 saturated heterocycles. The van der Waals surface area contributed by atoms with Gasteiger partial charge >= 0.3 is 0 Å². The minimum atomic E-state index is -0.203. The molecule has 1 aliphatic heterocycles. The highest BCUT2D eigenvalue weighted by molar-refractivity contribution is 5.90. The lowest BCUT2D eigenvalue weighted by molar-refractivity contribution is -0.0588. The Morgan fingerprint density at radius 3 is 2.67 bits per heavy atom. The number of amides is 1. The molecule has 1 aromatic heterocycles. The fourth-order valence-corrected chi connectivity index (χ4v) is 1.74. The summed E-state index contributed by atoms with van der Waals surface area (Å²) in [6, 6.07) is 0. The molecule has 1 aromatic rings. The average molecular weight is 211 g/mol. The molecule has 0 aliphatic carbocycles. The molecule has 0 aromatic carbocycles. The van der Waals surface area contributed by atoms with Crippen LogP contribution in [-0.2, 0) is 4.74 Å². The molecule has 2 atom stereocenters. The van der Waals surface area contributed by atoms with Gasteiger partial charge in [0.15, 0.2) is 0 Å². The van der Waals surface area contributed by atoms with Crippen molar-refractivity contribution in [3.8, 4) is 0 Å². The van der Waals surface area contributed by atoms with E-state index < -0.39 is 0 Å². The highest BCUT2D eigenvalue weighted by atomic mass is 16.5. The number of tetrazole rings is 1. The van der Waals surface area contributed by atoms with Crippen LogP contribution in [-0.4, -0.2) is 56.7 Å². The van der Waals surface area contributed by atoms with Crippen LogP contribution in [0.1, 0.15) is 24.5 Å². The minimum Gasteiger partial charge on any atom is -0.372 e. The van der Waals surface area contributed by atoms with E-state index in [1.54, 1.807) is 4.90 Å². The van der Waals surface area contributed by atoms with E-state index in [9.17, 15) is 4.79 Å². The van der Waals surface area contributed by atoms with Crippen LogP contribution in [0.4, 0.5) is 0 Å². The van der Waals surface area contributed by atoms with E-state index in [0.29, 0.717) is 13.1 Å². The lowest BCUT2D eigenvalue weighted by atomic mass is 10.2. The van der Waals surface area contributed by atoms with Crippen molar-refractivity contribution in [2.24, 2.45) is 0 Å². The molecule has 1 fully saturated rings. The third-order valence-electron chi connectivity index (χ3n) is 2.24. The van der Waals surface area contributed by atoms with Crippen molar-refractivity contribution in [3.63, 3.8) is 0 Å². The normalized spacial score (nSPS) is 26.7. The molecule has 1 N–H and O–H groups in total. The number of nitrogens with one attached hydrogen (secondary N) is 1. The maximum Gasteiger partial charge on any atom is 0.295 e. The second-order valence-electron chi connectivity index (χ2n) is 3.70. The van der Waals surface area contributed by atoms with Crippen molar-refractivity contribution in [2.45, 2.75) is 26.1 Å². The quantitative estimate of drug-likeness (QED) is 0.673. The first-order valence-corrected chi connectivity index (χ1v) is 4.85. The molecule has 2 rings (SSSR count). The fourth-order valence-electron chi connectivity index (χ4n) is 1.74. The van der Waals surface area contributed by atoms with E-state index in [1.807, 2.05) is 13.8 Å². The summed E-state index contributed by atoms with van der Waals surface area (Å²) in [7, 11) is 0. The number of hydrogen-bond donors (Lipinski definition) is 1. The standard InChI is InChI=1S/C8H13N5O2/c1-5-3-13(4-6(2)15-5)8(14)7-9-11-12-10-7/h5-6H,3-4H2,1-2H3,(H,9,10,11,12)/t5-,6+. The van der Waals surface area contributed by atoms with Crippen LogP contribution >= 0.6 is 0 Å².